The molecule has 4 heteroatoms. The summed E-state index contributed by atoms with van der Waals surface area (Å²) in [5, 5.41) is 8.70. The largest absolute Gasteiger partial charge is 0.454 e. The van der Waals surface area contributed by atoms with E-state index in [0.717, 1.165) is 5.56 Å². The van der Waals surface area contributed by atoms with Gasteiger partial charge in [-0.15, -0.1) is 11.6 Å². The monoisotopic (exact) mass is 195 g/mol. The lowest BCUT2D eigenvalue weighted by Gasteiger charge is -2.01. The van der Waals surface area contributed by atoms with Gasteiger partial charge in [-0.05, 0) is 6.07 Å². The van der Waals surface area contributed by atoms with Crippen LogP contribution in [0.1, 0.15) is 11.1 Å². The highest BCUT2D eigenvalue weighted by molar-refractivity contribution is 6.17. The molecule has 3 nitrogen and oxygen atoms in total. The van der Waals surface area contributed by atoms with Crippen LogP contribution in [0, 0.1) is 11.3 Å². The second kappa shape index (κ2) is 3.15. The summed E-state index contributed by atoms with van der Waals surface area (Å²) < 4.78 is 10.4. The molecule has 13 heavy (non-hydrogen) atoms. The van der Waals surface area contributed by atoms with Gasteiger partial charge in [0.25, 0.3) is 0 Å². The fourth-order valence-electron chi connectivity index (χ4n) is 1.25. The average molecular weight is 196 g/mol. The maximum atomic E-state index is 8.70. The van der Waals surface area contributed by atoms with Gasteiger partial charge in [0.2, 0.25) is 6.79 Å². The van der Waals surface area contributed by atoms with Crippen molar-refractivity contribution in [2.45, 2.75) is 5.88 Å². The number of nitriles is 1. The summed E-state index contributed by atoms with van der Waals surface area (Å²) in [6, 6.07) is 5.40. The fourth-order valence-corrected chi connectivity index (χ4v) is 1.45. The Morgan fingerprint density at radius 3 is 3.00 bits per heavy atom. The Hall–Kier alpha value is -1.40. The highest BCUT2D eigenvalue weighted by Crippen LogP contribution is 2.37. The molecule has 0 spiro atoms. The van der Waals surface area contributed by atoms with Gasteiger partial charge in [-0.1, -0.05) is 0 Å². The van der Waals surface area contributed by atoms with Gasteiger partial charge in [0.1, 0.15) is 0 Å². The first kappa shape index (κ1) is 8.21. The van der Waals surface area contributed by atoms with Gasteiger partial charge < -0.3 is 9.47 Å². The van der Waals surface area contributed by atoms with Crippen molar-refractivity contribution in [2.75, 3.05) is 6.79 Å². The van der Waals surface area contributed by atoms with Crippen molar-refractivity contribution in [2.24, 2.45) is 0 Å². The lowest BCUT2D eigenvalue weighted by atomic mass is 10.1. The first-order chi connectivity index (χ1) is 6.35. The van der Waals surface area contributed by atoms with Gasteiger partial charge in [0.15, 0.2) is 11.5 Å². The molecule has 0 saturated carbocycles. The molecule has 0 saturated heterocycles. The maximum Gasteiger partial charge on any atom is 0.231 e. The van der Waals surface area contributed by atoms with Gasteiger partial charge in [0, 0.05) is 11.6 Å². The Labute approximate surface area is 80.4 Å². The number of hydrogen-bond donors (Lipinski definition) is 0. The smallest absolute Gasteiger partial charge is 0.231 e. The van der Waals surface area contributed by atoms with E-state index in [1.54, 1.807) is 12.1 Å². The van der Waals surface area contributed by atoms with Crippen LogP contribution in [-0.4, -0.2) is 6.79 Å². The molecule has 0 N–H and O–H groups in total. The minimum Gasteiger partial charge on any atom is -0.454 e. The van der Waals surface area contributed by atoms with Crippen LogP contribution in [0.5, 0.6) is 11.5 Å². The van der Waals surface area contributed by atoms with Gasteiger partial charge in [0.05, 0.1) is 17.5 Å². The standard InChI is InChI=1S/C9H6ClNO2/c10-3-7-1-6(4-11)2-8-9(7)13-5-12-8/h1-2H,3,5H2. The zero-order valence-electron chi connectivity index (χ0n) is 6.71. The van der Waals surface area contributed by atoms with Gasteiger partial charge >= 0.3 is 0 Å². The molecule has 1 aliphatic rings. The summed E-state index contributed by atoms with van der Waals surface area (Å²) in [5.41, 5.74) is 1.34. The fraction of sp³-hybridized carbons (Fsp3) is 0.222. The summed E-state index contributed by atoms with van der Waals surface area (Å²) >= 11 is 5.69. The lowest BCUT2D eigenvalue weighted by molar-refractivity contribution is 0.173. The van der Waals surface area contributed by atoms with Crippen LogP contribution in [0.2, 0.25) is 0 Å². The van der Waals surface area contributed by atoms with Crippen LogP contribution in [-0.2, 0) is 5.88 Å². The van der Waals surface area contributed by atoms with Crippen LogP contribution in [0.15, 0.2) is 12.1 Å². The van der Waals surface area contributed by atoms with E-state index in [4.69, 9.17) is 26.3 Å². The molecule has 0 bridgehead atoms. The third-order valence-corrected chi connectivity index (χ3v) is 2.11. The number of rotatable bonds is 1. The van der Waals surface area contributed by atoms with Crippen molar-refractivity contribution in [1.82, 2.24) is 0 Å². The Balaban J connectivity index is 2.57. The Morgan fingerprint density at radius 2 is 2.31 bits per heavy atom. The molecule has 2 rings (SSSR count). The van der Waals surface area contributed by atoms with Crippen molar-refractivity contribution in [3.05, 3.63) is 23.3 Å². The first-order valence-corrected chi connectivity index (χ1v) is 4.27. The number of hydrogen-bond acceptors (Lipinski definition) is 3. The molecule has 1 aliphatic heterocycles. The average Bonchev–Trinajstić information content (AvgIpc) is 2.63. The minimum atomic E-state index is 0.202. The Bertz CT molecular complexity index is 384. The first-order valence-electron chi connectivity index (χ1n) is 3.73. The van der Waals surface area contributed by atoms with Crippen molar-refractivity contribution in [1.29, 1.82) is 5.26 Å². The van der Waals surface area contributed by atoms with Crippen LogP contribution in [0.3, 0.4) is 0 Å². The van der Waals surface area contributed by atoms with Crippen LogP contribution >= 0.6 is 11.6 Å². The number of benzene rings is 1. The van der Waals surface area contributed by atoms with Gasteiger partial charge in [-0.3, -0.25) is 0 Å². The SMILES string of the molecule is N#Cc1cc(CCl)c2c(c1)OCO2. The number of ether oxygens (including phenoxy) is 2. The number of nitrogens with zero attached hydrogens (tertiary/aromatic N) is 1. The molecule has 0 unspecified atom stereocenters. The second-order valence-electron chi connectivity index (χ2n) is 2.61. The number of fused-ring (bicyclic) bond motifs is 1. The molecule has 0 amide bonds. The summed E-state index contributed by atoms with van der Waals surface area (Å²) in [7, 11) is 0. The van der Waals surface area contributed by atoms with E-state index in [1.807, 2.05) is 6.07 Å². The van der Waals surface area contributed by atoms with Crippen molar-refractivity contribution < 1.29 is 9.47 Å². The molecule has 0 radical (unpaired) electrons. The maximum absolute atomic E-state index is 8.70. The highest BCUT2D eigenvalue weighted by Gasteiger charge is 2.18. The van der Waals surface area contributed by atoms with Crippen molar-refractivity contribution in [3.8, 4) is 17.6 Å². The van der Waals surface area contributed by atoms with Crippen molar-refractivity contribution in [3.63, 3.8) is 0 Å². The summed E-state index contributed by atoms with van der Waals surface area (Å²) in [5.74, 6) is 1.59. The molecule has 66 valence electrons. The second-order valence-corrected chi connectivity index (χ2v) is 2.88. The molecule has 0 atom stereocenters. The molecule has 1 aromatic rings. The topological polar surface area (TPSA) is 42.2 Å². The predicted octanol–water partition coefficient (Wildman–Crippen LogP) is 2.03. The van der Waals surface area contributed by atoms with E-state index in [-0.39, 0.29) is 6.79 Å². The molecule has 1 aromatic carbocycles. The van der Waals surface area contributed by atoms with Crippen LogP contribution < -0.4 is 9.47 Å². The van der Waals surface area contributed by atoms with Crippen molar-refractivity contribution >= 4 is 11.6 Å². The van der Waals surface area contributed by atoms with E-state index in [0.29, 0.717) is 22.9 Å². The number of halogens is 1. The van der Waals surface area contributed by atoms with Crippen LogP contribution in [0.4, 0.5) is 0 Å². The summed E-state index contributed by atoms with van der Waals surface area (Å²) in [6.45, 7) is 0.202. The van der Waals surface area contributed by atoms with Gasteiger partial charge in [-0.2, -0.15) is 5.26 Å². The van der Waals surface area contributed by atoms with E-state index in [9.17, 15) is 0 Å². The van der Waals surface area contributed by atoms with E-state index in [1.165, 1.54) is 0 Å². The molecule has 0 aromatic heterocycles. The normalized spacial score (nSPS) is 12.6. The minimum absolute atomic E-state index is 0.202. The highest BCUT2D eigenvalue weighted by atomic mass is 35.5. The summed E-state index contributed by atoms with van der Waals surface area (Å²) in [6.07, 6.45) is 0. The molecular formula is C9H6ClNO2. The van der Waals surface area contributed by atoms with E-state index < -0.39 is 0 Å². The Kier molecular flexibility index (Phi) is 1.99. The third-order valence-electron chi connectivity index (χ3n) is 1.82. The predicted molar refractivity (Wildman–Crippen MR) is 46.8 cm³/mol. The van der Waals surface area contributed by atoms with E-state index in [2.05, 4.69) is 0 Å². The van der Waals surface area contributed by atoms with Gasteiger partial charge in [-0.25, -0.2) is 0 Å². The third kappa shape index (κ3) is 1.30. The summed E-state index contributed by atoms with van der Waals surface area (Å²) in [4.78, 5) is 0. The Morgan fingerprint density at radius 1 is 1.46 bits per heavy atom. The zero-order valence-corrected chi connectivity index (χ0v) is 7.47. The lowest BCUT2D eigenvalue weighted by Crippen LogP contribution is -1.93. The molecule has 1 heterocycles. The van der Waals surface area contributed by atoms with E-state index >= 15 is 0 Å². The quantitative estimate of drug-likeness (QED) is 0.644. The molecule has 0 fully saturated rings. The molecule has 0 aliphatic carbocycles. The zero-order chi connectivity index (χ0) is 9.26. The number of alkyl halides is 1. The molecular weight excluding hydrogens is 190 g/mol. The van der Waals surface area contributed by atoms with Crippen LogP contribution in [0.25, 0.3) is 0 Å².